The molecule has 7 nitrogen and oxygen atoms in total. The smallest absolute Gasteiger partial charge is 0.326 e. The summed E-state index contributed by atoms with van der Waals surface area (Å²) in [6.07, 6.45) is 1.83. The highest BCUT2D eigenvalue weighted by Crippen LogP contribution is 2.30. The van der Waals surface area contributed by atoms with E-state index in [-0.39, 0.29) is 6.42 Å². The van der Waals surface area contributed by atoms with Gasteiger partial charge in [-0.05, 0) is 35.7 Å². The van der Waals surface area contributed by atoms with Gasteiger partial charge in [-0.2, -0.15) is 0 Å². The van der Waals surface area contributed by atoms with E-state index in [4.69, 9.17) is 0 Å². The Morgan fingerprint density at radius 1 is 1.19 bits per heavy atom. The normalized spacial score (nSPS) is 14.5. The molecule has 0 saturated heterocycles. The third-order valence-electron chi connectivity index (χ3n) is 4.48. The van der Waals surface area contributed by atoms with Gasteiger partial charge < -0.3 is 10.4 Å². The highest BCUT2D eigenvalue weighted by molar-refractivity contribution is 7.92. The van der Waals surface area contributed by atoms with Gasteiger partial charge in [0, 0.05) is 18.5 Å². The average Bonchev–Trinajstić information content (AvgIpc) is 3.05. The number of carboxylic acids is 1. The molecule has 0 unspecified atom stereocenters. The minimum absolute atomic E-state index is 0.175. The first-order chi connectivity index (χ1) is 12.8. The molecule has 142 valence electrons. The number of rotatable bonds is 6. The Morgan fingerprint density at radius 3 is 2.52 bits per heavy atom. The molecule has 2 N–H and O–H groups in total. The van der Waals surface area contributed by atoms with Crippen LogP contribution in [0.2, 0.25) is 0 Å². The Kier molecular flexibility index (Phi) is 5.18. The average molecular weight is 388 g/mol. The molecule has 0 aromatic heterocycles. The van der Waals surface area contributed by atoms with E-state index in [1.807, 2.05) is 18.2 Å². The number of carbonyl (C=O) groups excluding carboxylic acids is 1. The van der Waals surface area contributed by atoms with Crippen molar-refractivity contribution in [3.63, 3.8) is 0 Å². The Bertz CT molecular complexity index is 973. The number of aliphatic carboxylic acids is 1. The van der Waals surface area contributed by atoms with Gasteiger partial charge in [0.2, 0.25) is 10.0 Å². The Balaban J connectivity index is 1.77. The van der Waals surface area contributed by atoms with E-state index < -0.39 is 27.9 Å². The van der Waals surface area contributed by atoms with Crippen LogP contribution in [0, 0.1) is 0 Å². The second-order valence-corrected chi connectivity index (χ2v) is 8.39. The van der Waals surface area contributed by atoms with Gasteiger partial charge in [0.1, 0.15) is 6.04 Å². The van der Waals surface area contributed by atoms with Gasteiger partial charge in [0.05, 0.1) is 11.9 Å². The highest BCUT2D eigenvalue weighted by atomic mass is 32.2. The van der Waals surface area contributed by atoms with Crippen molar-refractivity contribution in [2.45, 2.75) is 18.9 Å². The van der Waals surface area contributed by atoms with Gasteiger partial charge in [0.25, 0.3) is 5.91 Å². The fourth-order valence-electron chi connectivity index (χ4n) is 3.15. The Hall–Kier alpha value is -2.87. The van der Waals surface area contributed by atoms with Crippen LogP contribution in [0.15, 0.2) is 48.5 Å². The zero-order valence-electron chi connectivity index (χ0n) is 14.8. The summed E-state index contributed by atoms with van der Waals surface area (Å²) in [7, 11) is -3.36. The topological polar surface area (TPSA) is 104 Å². The van der Waals surface area contributed by atoms with Gasteiger partial charge in [-0.3, -0.25) is 9.10 Å². The minimum Gasteiger partial charge on any atom is -0.480 e. The molecule has 0 saturated carbocycles. The number of carbonyl (C=O) groups is 2. The standard InChI is InChI=1S/C19H20N2O5S/c1-27(25,26)21-10-9-14-12-15(7-8-17(14)21)18(22)20-16(19(23)24)11-13-5-3-2-4-6-13/h2-8,12,16H,9-11H2,1H3,(H,20,22)(H,23,24)/t16-/m0/s1. The van der Waals surface area contributed by atoms with Crippen LogP contribution in [0.3, 0.4) is 0 Å². The summed E-state index contributed by atoms with van der Waals surface area (Å²) in [5.74, 6) is -1.62. The third-order valence-corrected chi connectivity index (χ3v) is 5.66. The zero-order valence-corrected chi connectivity index (χ0v) is 15.6. The maximum absolute atomic E-state index is 12.5. The lowest BCUT2D eigenvalue weighted by molar-refractivity contribution is -0.139. The number of carboxylic acid groups (broad SMARTS) is 1. The second kappa shape index (κ2) is 7.40. The van der Waals surface area contributed by atoms with E-state index >= 15 is 0 Å². The first-order valence-corrected chi connectivity index (χ1v) is 10.3. The number of hydrogen-bond acceptors (Lipinski definition) is 4. The monoisotopic (exact) mass is 388 g/mol. The number of fused-ring (bicyclic) bond motifs is 1. The zero-order chi connectivity index (χ0) is 19.6. The quantitative estimate of drug-likeness (QED) is 0.779. The molecule has 3 rings (SSSR count). The molecule has 1 heterocycles. The molecule has 0 aliphatic carbocycles. The van der Waals surface area contributed by atoms with E-state index in [0.717, 1.165) is 17.4 Å². The maximum Gasteiger partial charge on any atom is 0.326 e. The molecule has 1 aliphatic rings. The molecule has 0 bridgehead atoms. The lowest BCUT2D eigenvalue weighted by Crippen LogP contribution is -2.42. The van der Waals surface area contributed by atoms with Crippen molar-refractivity contribution in [1.82, 2.24) is 5.32 Å². The van der Waals surface area contributed by atoms with Gasteiger partial charge >= 0.3 is 5.97 Å². The third kappa shape index (κ3) is 4.28. The highest BCUT2D eigenvalue weighted by Gasteiger charge is 2.27. The van der Waals surface area contributed by atoms with Crippen LogP contribution in [-0.4, -0.2) is 44.2 Å². The molecular weight excluding hydrogens is 368 g/mol. The summed E-state index contributed by atoms with van der Waals surface area (Å²) in [6, 6.07) is 12.7. The lowest BCUT2D eigenvalue weighted by atomic mass is 10.0. The second-order valence-electron chi connectivity index (χ2n) is 6.48. The van der Waals surface area contributed by atoms with Crippen molar-refractivity contribution in [1.29, 1.82) is 0 Å². The summed E-state index contributed by atoms with van der Waals surface area (Å²) in [4.78, 5) is 24.0. The molecule has 8 heteroatoms. The van der Waals surface area contributed by atoms with Crippen LogP contribution in [0.1, 0.15) is 21.5 Å². The molecule has 1 aliphatic heterocycles. The molecule has 2 aromatic rings. The number of nitrogens with zero attached hydrogens (tertiary/aromatic N) is 1. The predicted octanol–water partition coefficient (Wildman–Crippen LogP) is 1.43. The number of benzene rings is 2. The predicted molar refractivity (Wildman–Crippen MR) is 101 cm³/mol. The lowest BCUT2D eigenvalue weighted by Gasteiger charge is -2.17. The van der Waals surface area contributed by atoms with Gasteiger partial charge in [-0.1, -0.05) is 30.3 Å². The number of hydrogen-bond donors (Lipinski definition) is 2. The molecule has 2 aromatic carbocycles. The van der Waals surface area contributed by atoms with E-state index in [0.29, 0.717) is 24.2 Å². The van der Waals surface area contributed by atoms with Gasteiger partial charge in [-0.25, -0.2) is 13.2 Å². The Morgan fingerprint density at radius 2 is 1.89 bits per heavy atom. The first-order valence-electron chi connectivity index (χ1n) is 8.44. The van der Waals surface area contributed by atoms with Crippen LogP contribution in [0.5, 0.6) is 0 Å². The number of nitrogens with one attached hydrogen (secondary N) is 1. The van der Waals surface area contributed by atoms with Gasteiger partial charge in [0.15, 0.2) is 0 Å². The summed E-state index contributed by atoms with van der Waals surface area (Å²) < 4.78 is 24.9. The van der Waals surface area contributed by atoms with Crippen LogP contribution in [-0.2, 0) is 27.7 Å². The van der Waals surface area contributed by atoms with E-state index in [9.17, 15) is 23.1 Å². The minimum atomic E-state index is -3.36. The fourth-order valence-corrected chi connectivity index (χ4v) is 4.11. The number of amides is 1. The molecule has 1 atom stereocenters. The summed E-state index contributed by atoms with van der Waals surface area (Å²) in [6.45, 7) is 0.338. The van der Waals surface area contributed by atoms with Gasteiger partial charge in [-0.15, -0.1) is 0 Å². The maximum atomic E-state index is 12.5. The largest absolute Gasteiger partial charge is 0.480 e. The molecule has 27 heavy (non-hydrogen) atoms. The van der Waals surface area contributed by atoms with E-state index in [2.05, 4.69) is 5.32 Å². The SMILES string of the molecule is CS(=O)(=O)N1CCc2cc(C(=O)N[C@@H](Cc3ccccc3)C(=O)O)ccc21. The van der Waals surface area contributed by atoms with E-state index in [1.165, 1.54) is 10.4 Å². The first kappa shape index (κ1) is 18.9. The van der Waals surface area contributed by atoms with Crippen LogP contribution >= 0.6 is 0 Å². The van der Waals surface area contributed by atoms with Crippen LogP contribution in [0.4, 0.5) is 5.69 Å². The molecule has 0 spiro atoms. The van der Waals surface area contributed by atoms with Crippen molar-refractivity contribution < 1.29 is 23.1 Å². The van der Waals surface area contributed by atoms with Crippen LogP contribution in [0.25, 0.3) is 0 Å². The number of anilines is 1. The summed E-state index contributed by atoms with van der Waals surface area (Å²) in [5, 5.41) is 12.0. The van der Waals surface area contributed by atoms with Crippen molar-refractivity contribution in [3.8, 4) is 0 Å². The molecule has 0 fully saturated rings. The number of sulfonamides is 1. The summed E-state index contributed by atoms with van der Waals surface area (Å²) >= 11 is 0. The van der Waals surface area contributed by atoms with Crippen molar-refractivity contribution >= 4 is 27.6 Å². The van der Waals surface area contributed by atoms with Crippen molar-refractivity contribution in [2.24, 2.45) is 0 Å². The fraction of sp³-hybridized carbons (Fsp3) is 0.263. The molecular formula is C19H20N2O5S. The molecule has 0 radical (unpaired) electrons. The van der Waals surface area contributed by atoms with Crippen LogP contribution < -0.4 is 9.62 Å². The van der Waals surface area contributed by atoms with Crippen molar-refractivity contribution in [2.75, 3.05) is 17.1 Å². The van der Waals surface area contributed by atoms with Crippen molar-refractivity contribution in [3.05, 3.63) is 65.2 Å². The van der Waals surface area contributed by atoms with E-state index in [1.54, 1.807) is 24.3 Å². The Labute approximate surface area is 157 Å². The summed E-state index contributed by atoms with van der Waals surface area (Å²) in [5.41, 5.74) is 2.43. The molecule has 1 amide bonds.